The predicted octanol–water partition coefficient (Wildman–Crippen LogP) is 3.10. The zero-order valence-electron chi connectivity index (χ0n) is 13.6. The molecular formula is C14H17ClN4O3S3. The van der Waals surface area contributed by atoms with Gasteiger partial charge in [0, 0.05) is 18.0 Å². The molecule has 0 saturated carbocycles. The van der Waals surface area contributed by atoms with Crippen LogP contribution in [0.5, 0.6) is 0 Å². The van der Waals surface area contributed by atoms with Crippen LogP contribution in [0.4, 0.5) is 10.8 Å². The Morgan fingerprint density at radius 3 is 2.76 bits per heavy atom. The number of sulfonamides is 1. The molecular weight excluding hydrogens is 404 g/mol. The largest absolute Gasteiger partial charge is 0.301 e. The van der Waals surface area contributed by atoms with Crippen LogP contribution in [-0.2, 0) is 14.8 Å². The quantitative estimate of drug-likeness (QED) is 0.521. The molecule has 2 rings (SSSR count). The minimum atomic E-state index is -3.47. The number of rotatable bonds is 8. The zero-order valence-corrected chi connectivity index (χ0v) is 16.8. The monoisotopic (exact) mass is 420 g/mol. The van der Waals surface area contributed by atoms with Crippen molar-refractivity contribution in [3.8, 4) is 0 Å². The van der Waals surface area contributed by atoms with Gasteiger partial charge >= 0.3 is 0 Å². The van der Waals surface area contributed by atoms with Crippen LogP contribution >= 0.6 is 34.7 Å². The fraction of sp³-hybridized carbons (Fsp3) is 0.357. The normalized spacial score (nSPS) is 11.3. The Morgan fingerprint density at radius 2 is 2.16 bits per heavy atom. The molecule has 7 nitrogen and oxygen atoms in total. The molecule has 136 valence electrons. The standard InChI is InChI=1S/C14H17ClN4O3S3/c1-23-14-18-17-13(24-14)16-12(20)7-4-8-19(25(2,21)22)11-6-3-5-10(15)9-11/h3,5-6,9H,4,7-8H2,1-2H3,(H,16,17,20). The van der Waals surface area contributed by atoms with Crippen LogP contribution < -0.4 is 9.62 Å². The third kappa shape index (κ3) is 6.14. The van der Waals surface area contributed by atoms with Crippen molar-refractivity contribution >= 4 is 61.4 Å². The van der Waals surface area contributed by atoms with Crippen molar-refractivity contribution in [3.63, 3.8) is 0 Å². The zero-order chi connectivity index (χ0) is 18.4. The number of nitrogens with one attached hydrogen (secondary N) is 1. The summed E-state index contributed by atoms with van der Waals surface area (Å²) in [5, 5.41) is 11.3. The Morgan fingerprint density at radius 1 is 1.40 bits per heavy atom. The summed E-state index contributed by atoms with van der Waals surface area (Å²) in [5.74, 6) is -0.233. The number of hydrogen-bond acceptors (Lipinski definition) is 7. The highest BCUT2D eigenvalue weighted by Gasteiger charge is 2.18. The number of benzene rings is 1. The number of nitrogens with zero attached hydrogens (tertiary/aromatic N) is 3. The number of halogens is 1. The van der Waals surface area contributed by atoms with Crippen molar-refractivity contribution in [2.24, 2.45) is 0 Å². The van der Waals surface area contributed by atoms with E-state index in [0.29, 0.717) is 22.3 Å². The third-order valence-electron chi connectivity index (χ3n) is 3.09. The van der Waals surface area contributed by atoms with Crippen LogP contribution in [0.1, 0.15) is 12.8 Å². The van der Waals surface area contributed by atoms with E-state index in [9.17, 15) is 13.2 Å². The van der Waals surface area contributed by atoms with Crippen LogP contribution in [0.15, 0.2) is 28.6 Å². The number of anilines is 2. The number of carbonyl (C=O) groups excluding carboxylic acids is 1. The number of thioether (sulfide) groups is 1. The molecule has 11 heteroatoms. The Hall–Kier alpha value is -1.36. The third-order valence-corrected chi connectivity index (χ3v) is 6.33. The first-order valence-corrected chi connectivity index (χ1v) is 11.5. The van der Waals surface area contributed by atoms with Gasteiger partial charge in [-0.1, -0.05) is 40.8 Å². The average Bonchev–Trinajstić information content (AvgIpc) is 2.98. The molecule has 0 atom stereocenters. The Bertz CT molecular complexity index is 841. The number of carbonyl (C=O) groups is 1. The second kappa shape index (κ2) is 8.84. The summed E-state index contributed by atoms with van der Waals surface area (Å²) in [6.45, 7) is 0.179. The Labute approximate surface area is 159 Å². The topological polar surface area (TPSA) is 92.3 Å². The van der Waals surface area contributed by atoms with E-state index in [1.54, 1.807) is 24.3 Å². The first-order valence-electron chi connectivity index (χ1n) is 7.20. The molecule has 0 bridgehead atoms. The molecule has 0 saturated heterocycles. The number of amides is 1. The average molecular weight is 421 g/mol. The lowest BCUT2D eigenvalue weighted by Crippen LogP contribution is -2.31. The van der Waals surface area contributed by atoms with Gasteiger partial charge in [-0.25, -0.2) is 8.42 Å². The lowest BCUT2D eigenvalue weighted by molar-refractivity contribution is -0.116. The molecule has 0 fully saturated rings. The van der Waals surface area contributed by atoms with Crippen molar-refractivity contribution in [3.05, 3.63) is 29.3 Å². The van der Waals surface area contributed by atoms with Crippen LogP contribution in [0.2, 0.25) is 5.02 Å². The van der Waals surface area contributed by atoms with E-state index in [4.69, 9.17) is 11.6 Å². The molecule has 0 radical (unpaired) electrons. The van der Waals surface area contributed by atoms with E-state index in [1.807, 2.05) is 6.26 Å². The molecule has 0 unspecified atom stereocenters. The van der Waals surface area contributed by atoms with E-state index in [2.05, 4.69) is 15.5 Å². The lowest BCUT2D eigenvalue weighted by atomic mass is 10.2. The maximum Gasteiger partial charge on any atom is 0.232 e. The van der Waals surface area contributed by atoms with Crippen molar-refractivity contribution in [1.29, 1.82) is 0 Å². The SMILES string of the molecule is CSc1nnc(NC(=O)CCCN(c2cccc(Cl)c2)S(C)(=O)=O)s1. The Kier molecular flexibility index (Phi) is 7.05. The smallest absolute Gasteiger partial charge is 0.232 e. The maximum atomic E-state index is 12.0. The first kappa shape index (κ1) is 20.0. The minimum absolute atomic E-state index is 0.167. The summed E-state index contributed by atoms with van der Waals surface area (Å²) in [7, 11) is -3.47. The van der Waals surface area contributed by atoms with Gasteiger partial charge in [-0.3, -0.25) is 9.10 Å². The summed E-state index contributed by atoms with van der Waals surface area (Å²) < 4.78 is 26.0. The van der Waals surface area contributed by atoms with Crippen molar-refractivity contribution < 1.29 is 13.2 Å². The van der Waals surface area contributed by atoms with Crippen LogP contribution in [-0.4, -0.2) is 43.6 Å². The van der Waals surface area contributed by atoms with Crippen molar-refractivity contribution in [1.82, 2.24) is 10.2 Å². The molecule has 0 aliphatic rings. The summed E-state index contributed by atoms with van der Waals surface area (Å²) in [6, 6.07) is 6.59. The fourth-order valence-corrected chi connectivity index (χ4v) is 4.35. The van der Waals surface area contributed by atoms with Gasteiger partial charge in [-0.05, 0) is 30.9 Å². The van der Waals surface area contributed by atoms with Crippen LogP contribution in [0.25, 0.3) is 0 Å². The van der Waals surface area contributed by atoms with E-state index >= 15 is 0 Å². The molecule has 0 aliphatic heterocycles. The predicted molar refractivity (Wildman–Crippen MR) is 103 cm³/mol. The summed E-state index contributed by atoms with van der Waals surface area (Å²) in [4.78, 5) is 12.0. The van der Waals surface area contributed by atoms with E-state index in [0.717, 1.165) is 10.6 Å². The summed E-state index contributed by atoms with van der Waals surface area (Å²) >= 11 is 8.67. The van der Waals surface area contributed by atoms with E-state index in [1.165, 1.54) is 27.4 Å². The van der Waals surface area contributed by atoms with Crippen molar-refractivity contribution in [2.45, 2.75) is 17.2 Å². The molecule has 1 heterocycles. The Balaban J connectivity index is 1.93. The van der Waals surface area contributed by atoms with Gasteiger partial charge in [-0.15, -0.1) is 10.2 Å². The summed E-state index contributed by atoms with van der Waals surface area (Å²) in [6.07, 6.45) is 3.53. The summed E-state index contributed by atoms with van der Waals surface area (Å²) in [5.41, 5.74) is 0.476. The number of hydrogen-bond donors (Lipinski definition) is 1. The highest BCUT2D eigenvalue weighted by molar-refractivity contribution is 8.00. The molecule has 1 N–H and O–H groups in total. The highest BCUT2D eigenvalue weighted by atomic mass is 35.5. The van der Waals surface area contributed by atoms with Gasteiger partial charge in [0.05, 0.1) is 11.9 Å². The van der Waals surface area contributed by atoms with Gasteiger partial charge in [0.1, 0.15) is 0 Å². The van der Waals surface area contributed by atoms with Gasteiger partial charge in [0.2, 0.25) is 21.1 Å². The van der Waals surface area contributed by atoms with Gasteiger partial charge < -0.3 is 5.32 Å². The molecule has 1 aromatic heterocycles. The molecule has 1 aromatic carbocycles. The number of aromatic nitrogens is 2. The molecule has 25 heavy (non-hydrogen) atoms. The highest BCUT2D eigenvalue weighted by Crippen LogP contribution is 2.24. The lowest BCUT2D eigenvalue weighted by Gasteiger charge is -2.22. The van der Waals surface area contributed by atoms with Crippen molar-refractivity contribution in [2.75, 3.05) is 28.7 Å². The van der Waals surface area contributed by atoms with Gasteiger partial charge in [0.25, 0.3) is 0 Å². The molecule has 2 aromatic rings. The van der Waals surface area contributed by atoms with E-state index < -0.39 is 10.0 Å². The molecule has 0 spiro atoms. The molecule has 1 amide bonds. The van der Waals surface area contributed by atoms with Crippen LogP contribution in [0, 0.1) is 0 Å². The first-order chi connectivity index (χ1) is 11.8. The minimum Gasteiger partial charge on any atom is -0.301 e. The maximum absolute atomic E-state index is 12.0. The van der Waals surface area contributed by atoms with Gasteiger partial charge in [0.15, 0.2) is 4.34 Å². The fourth-order valence-electron chi connectivity index (χ4n) is 2.03. The van der Waals surface area contributed by atoms with E-state index in [-0.39, 0.29) is 18.9 Å². The van der Waals surface area contributed by atoms with Crippen LogP contribution in [0.3, 0.4) is 0 Å². The molecule has 0 aliphatic carbocycles. The second-order valence-corrected chi connectivity index (χ2v) is 9.42. The second-order valence-electron chi connectivity index (χ2n) is 5.04. The van der Waals surface area contributed by atoms with Gasteiger partial charge in [-0.2, -0.15) is 0 Å².